The van der Waals surface area contributed by atoms with Gasteiger partial charge in [-0.05, 0) is 35.8 Å². The number of benzene rings is 2. The van der Waals surface area contributed by atoms with Gasteiger partial charge in [0.25, 0.3) is 5.56 Å². The standard InChI is InChI=1S/C23H22N4O2S/c28-21-18(20-19-16(10-12-24-20)15-8-4-5-9-17(15)25-19)22(29)27(23(30)26-21)13-11-14-6-2-1-3-7-14/h1-9,20,24-25,29H,10-13H2,(H,26,28,30)/p+1/t20-/m1/s1. The molecule has 1 aliphatic heterocycles. The van der Waals surface area contributed by atoms with Gasteiger partial charge in [0.05, 0.1) is 12.2 Å². The zero-order valence-corrected chi connectivity index (χ0v) is 17.2. The summed E-state index contributed by atoms with van der Waals surface area (Å²) in [7, 11) is 0. The van der Waals surface area contributed by atoms with Crippen LogP contribution in [0.2, 0.25) is 0 Å². The van der Waals surface area contributed by atoms with Crippen LogP contribution in [-0.4, -0.2) is 26.2 Å². The number of para-hydroxylation sites is 1. The molecule has 6 nitrogen and oxygen atoms in total. The van der Waals surface area contributed by atoms with Gasteiger partial charge >= 0.3 is 0 Å². The molecule has 0 aliphatic carbocycles. The Labute approximate surface area is 178 Å². The van der Waals surface area contributed by atoms with Crippen LogP contribution in [0.3, 0.4) is 0 Å². The first-order valence-electron chi connectivity index (χ1n) is 10.2. The molecule has 0 spiro atoms. The molecule has 7 heteroatoms. The van der Waals surface area contributed by atoms with Crippen molar-refractivity contribution >= 4 is 23.1 Å². The van der Waals surface area contributed by atoms with Crippen LogP contribution in [0.25, 0.3) is 10.9 Å². The van der Waals surface area contributed by atoms with Crippen LogP contribution in [0.15, 0.2) is 59.4 Å². The number of rotatable bonds is 4. The highest BCUT2D eigenvalue weighted by molar-refractivity contribution is 7.71. The topological polar surface area (TPSA) is 90.4 Å². The minimum atomic E-state index is -0.332. The van der Waals surface area contributed by atoms with Gasteiger partial charge in [-0.1, -0.05) is 48.5 Å². The molecular weight excluding hydrogens is 396 g/mol. The summed E-state index contributed by atoms with van der Waals surface area (Å²) < 4.78 is 1.87. The van der Waals surface area contributed by atoms with Crippen molar-refractivity contribution in [3.63, 3.8) is 0 Å². The molecule has 1 aliphatic rings. The van der Waals surface area contributed by atoms with E-state index >= 15 is 0 Å². The number of aromatic amines is 2. The summed E-state index contributed by atoms with van der Waals surface area (Å²) >= 11 is 5.36. The quantitative estimate of drug-likeness (QED) is 0.383. The van der Waals surface area contributed by atoms with Crippen molar-refractivity contribution in [1.82, 2.24) is 14.5 Å². The SMILES string of the molecule is O=c1[nH]c(=S)n(CCc2ccccc2)c(O)c1[C@H]1[NH2+]CCc2c1[nH]c1ccccc21. The van der Waals surface area contributed by atoms with Crippen LogP contribution < -0.4 is 10.9 Å². The number of aryl methyl sites for hydroxylation is 1. The largest absolute Gasteiger partial charge is 0.494 e. The normalized spacial score (nSPS) is 15.9. The maximum Gasteiger partial charge on any atom is 0.265 e. The molecule has 0 amide bonds. The van der Waals surface area contributed by atoms with E-state index < -0.39 is 0 Å². The van der Waals surface area contributed by atoms with E-state index in [1.807, 2.05) is 48.5 Å². The van der Waals surface area contributed by atoms with Crippen molar-refractivity contribution in [2.24, 2.45) is 0 Å². The van der Waals surface area contributed by atoms with Crippen LogP contribution >= 0.6 is 12.2 Å². The van der Waals surface area contributed by atoms with E-state index in [2.05, 4.69) is 21.4 Å². The van der Waals surface area contributed by atoms with Crippen molar-refractivity contribution in [3.8, 4) is 5.88 Å². The number of aromatic nitrogens is 3. The van der Waals surface area contributed by atoms with E-state index in [1.54, 1.807) is 4.57 Å². The van der Waals surface area contributed by atoms with Gasteiger partial charge in [0.15, 0.2) is 10.8 Å². The lowest BCUT2D eigenvalue weighted by atomic mass is 9.95. The van der Waals surface area contributed by atoms with Crippen molar-refractivity contribution < 1.29 is 10.4 Å². The summed E-state index contributed by atoms with van der Waals surface area (Å²) in [6.07, 6.45) is 1.63. The number of H-pyrrole nitrogens is 2. The molecule has 152 valence electrons. The maximum absolute atomic E-state index is 12.9. The minimum Gasteiger partial charge on any atom is -0.494 e. The second-order valence-corrected chi connectivity index (χ2v) is 8.09. The first-order chi connectivity index (χ1) is 14.6. The Morgan fingerprint density at radius 1 is 1.10 bits per heavy atom. The van der Waals surface area contributed by atoms with Gasteiger partial charge in [0.2, 0.25) is 5.88 Å². The van der Waals surface area contributed by atoms with E-state index in [-0.39, 0.29) is 22.3 Å². The molecule has 0 bridgehead atoms. The molecule has 5 rings (SSSR count). The van der Waals surface area contributed by atoms with Crippen LogP contribution in [0, 0.1) is 4.77 Å². The molecule has 0 fully saturated rings. The lowest BCUT2D eigenvalue weighted by Gasteiger charge is -2.22. The Hall–Kier alpha value is -3.16. The molecule has 0 saturated carbocycles. The zero-order chi connectivity index (χ0) is 20.7. The first kappa shape index (κ1) is 18.8. The highest BCUT2D eigenvalue weighted by Crippen LogP contribution is 2.32. The van der Waals surface area contributed by atoms with E-state index in [1.165, 1.54) is 10.9 Å². The van der Waals surface area contributed by atoms with Crippen molar-refractivity contribution in [1.29, 1.82) is 0 Å². The molecular formula is C23H23N4O2S+. The van der Waals surface area contributed by atoms with E-state index in [4.69, 9.17) is 12.2 Å². The molecule has 0 radical (unpaired) electrons. The number of fused-ring (bicyclic) bond motifs is 3. The summed E-state index contributed by atoms with van der Waals surface area (Å²) in [6.45, 7) is 1.34. The van der Waals surface area contributed by atoms with Crippen molar-refractivity contribution in [2.75, 3.05) is 6.54 Å². The number of aromatic hydroxyl groups is 1. The lowest BCUT2D eigenvalue weighted by Crippen LogP contribution is -2.87. The number of quaternary nitrogens is 1. The third kappa shape index (κ3) is 3.16. The molecule has 0 unspecified atom stereocenters. The fourth-order valence-electron chi connectivity index (χ4n) is 4.48. The molecule has 2 aromatic carbocycles. The first-order valence-corrected chi connectivity index (χ1v) is 10.6. The maximum atomic E-state index is 12.9. The number of nitrogens with two attached hydrogens (primary N) is 1. The third-order valence-electron chi connectivity index (χ3n) is 5.94. The number of nitrogens with zero attached hydrogens (tertiary/aromatic N) is 1. The van der Waals surface area contributed by atoms with Crippen molar-refractivity contribution in [2.45, 2.75) is 25.4 Å². The Morgan fingerprint density at radius 2 is 1.87 bits per heavy atom. The smallest absolute Gasteiger partial charge is 0.265 e. The predicted molar refractivity (Wildman–Crippen MR) is 118 cm³/mol. The molecule has 0 saturated heterocycles. The highest BCUT2D eigenvalue weighted by Gasteiger charge is 2.33. The van der Waals surface area contributed by atoms with Gasteiger partial charge in [-0.3, -0.25) is 14.3 Å². The molecule has 3 heterocycles. The predicted octanol–water partition coefficient (Wildman–Crippen LogP) is 2.54. The number of nitrogens with one attached hydrogen (secondary N) is 2. The van der Waals surface area contributed by atoms with Crippen LogP contribution in [0.4, 0.5) is 0 Å². The fraction of sp³-hybridized carbons (Fsp3) is 0.217. The monoisotopic (exact) mass is 419 g/mol. The van der Waals surface area contributed by atoms with Crippen molar-refractivity contribution in [3.05, 3.63) is 92.1 Å². The average Bonchev–Trinajstić information content (AvgIpc) is 3.14. The van der Waals surface area contributed by atoms with E-state index in [0.717, 1.165) is 29.7 Å². The fourth-order valence-corrected chi connectivity index (χ4v) is 4.75. The van der Waals surface area contributed by atoms with Gasteiger partial charge < -0.3 is 15.4 Å². The van der Waals surface area contributed by atoms with E-state index in [0.29, 0.717) is 18.5 Å². The van der Waals surface area contributed by atoms with Crippen LogP contribution in [-0.2, 0) is 19.4 Å². The highest BCUT2D eigenvalue weighted by atomic mass is 32.1. The van der Waals surface area contributed by atoms with Gasteiger partial charge in [-0.2, -0.15) is 0 Å². The average molecular weight is 420 g/mol. The summed E-state index contributed by atoms with van der Waals surface area (Å²) in [6, 6.07) is 17.9. The second kappa shape index (κ2) is 7.59. The molecule has 4 aromatic rings. The summed E-state index contributed by atoms with van der Waals surface area (Å²) in [5.74, 6) is -0.0487. The van der Waals surface area contributed by atoms with Crippen LogP contribution in [0.1, 0.15) is 28.4 Å². The lowest BCUT2D eigenvalue weighted by molar-refractivity contribution is -0.690. The van der Waals surface area contributed by atoms with Crippen LogP contribution in [0.5, 0.6) is 5.88 Å². The number of hydrogen-bond donors (Lipinski definition) is 4. The Kier molecular flexibility index (Phi) is 4.77. The molecule has 5 N–H and O–H groups in total. The van der Waals surface area contributed by atoms with Gasteiger partial charge in [0, 0.05) is 23.9 Å². The van der Waals surface area contributed by atoms with E-state index in [9.17, 15) is 9.90 Å². The molecule has 30 heavy (non-hydrogen) atoms. The zero-order valence-electron chi connectivity index (χ0n) is 16.4. The molecule has 1 atom stereocenters. The van der Waals surface area contributed by atoms with Gasteiger partial charge in [-0.15, -0.1) is 0 Å². The second-order valence-electron chi connectivity index (χ2n) is 7.70. The summed E-state index contributed by atoms with van der Waals surface area (Å²) in [5.41, 5.74) is 4.42. The number of hydrogen-bond acceptors (Lipinski definition) is 3. The summed E-state index contributed by atoms with van der Waals surface area (Å²) in [4.78, 5) is 19.1. The Morgan fingerprint density at radius 3 is 2.70 bits per heavy atom. The third-order valence-corrected chi connectivity index (χ3v) is 6.26. The molecule has 2 aromatic heterocycles. The Bertz CT molecular complexity index is 1340. The summed E-state index contributed by atoms with van der Waals surface area (Å²) in [5, 5.41) is 14.4. The van der Waals surface area contributed by atoms with Gasteiger partial charge in [-0.25, -0.2) is 0 Å². The minimum absolute atomic E-state index is 0.0487. The van der Waals surface area contributed by atoms with Gasteiger partial charge in [0.1, 0.15) is 5.56 Å². The Balaban J connectivity index is 1.59.